The summed E-state index contributed by atoms with van der Waals surface area (Å²) in [6.07, 6.45) is 1.60. The van der Waals surface area contributed by atoms with Crippen LogP contribution in [0.1, 0.15) is 40.5 Å². The molecule has 1 aliphatic heterocycles. The van der Waals surface area contributed by atoms with Crippen molar-refractivity contribution in [3.63, 3.8) is 0 Å². The maximum absolute atomic E-state index is 13.1. The molecule has 0 radical (unpaired) electrons. The summed E-state index contributed by atoms with van der Waals surface area (Å²) in [6, 6.07) is 14.6. The molecule has 0 bridgehead atoms. The lowest BCUT2D eigenvalue weighted by molar-refractivity contribution is 0.0704. The topological polar surface area (TPSA) is 106 Å². The molecule has 3 heterocycles. The van der Waals surface area contributed by atoms with Gasteiger partial charge in [-0.3, -0.25) is 9.59 Å². The molecule has 10 heteroatoms. The summed E-state index contributed by atoms with van der Waals surface area (Å²) in [5.41, 5.74) is 1.68. The lowest BCUT2D eigenvalue weighted by Crippen LogP contribution is -2.40. The van der Waals surface area contributed by atoms with E-state index in [1.807, 2.05) is 24.3 Å². The smallest absolute Gasteiger partial charge is 0.281 e. The predicted molar refractivity (Wildman–Crippen MR) is 127 cm³/mol. The Morgan fingerprint density at radius 3 is 2.91 bits per heavy atom. The highest BCUT2D eigenvalue weighted by Crippen LogP contribution is 2.27. The number of nitrogens with one attached hydrogen (secondary N) is 1. The van der Waals surface area contributed by atoms with Crippen molar-refractivity contribution in [2.75, 3.05) is 20.2 Å². The maximum Gasteiger partial charge on any atom is 0.281 e. The number of aromatic amines is 1. The van der Waals surface area contributed by atoms with Gasteiger partial charge < -0.3 is 14.6 Å². The fourth-order valence-corrected chi connectivity index (χ4v) is 4.53. The van der Waals surface area contributed by atoms with E-state index in [-0.39, 0.29) is 22.9 Å². The number of aromatic nitrogens is 5. The van der Waals surface area contributed by atoms with Crippen LogP contribution in [0.4, 0.5) is 0 Å². The number of carbonyl (C=O) groups excluding carboxylic acids is 1. The average Bonchev–Trinajstić information content (AvgIpc) is 3.27. The van der Waals surface area contributed by atoms with Gasteiger partial charge in [0.15, 0.2) is 11.2 Å². The first-order chi connectivity index (χ1) is 16.5. The van der Waals surface area contributed by atoms with Crippen LogP contribution >= 0.6 is 11.6 Å². The van der Waals surface area contributed by atoms with Gasteiger partial charge in [-0.1, -0.05) is 41.1 Å². The summed E-state index contributed by atoms with van der Waals surface area (Å²) >= 11 is 6.24. The van der Waals surface area contributed by atoms with Gasteiger partial charge in [-0.25, -0.2) is 9.67 Å². The number of fused-ring (bicyclic) bond motifs is 1. The third-order valence-corrected chi connectivity index (χ3v) is 6.39. The van der Waals surface area contributed by atoms with E-state index >= 15 is 0 Å². The zero-order valence-corrected chi connectivity index (χ0v) is 19.3. The minimum absolute atomic E-state index is 0.113. The minimum Gasteiger partial charge on any atom is -0.497 e. The van der Waals surface area contributed by atoms with Gasteiger partial charge in [-0.2, -0.15) is 0 Å². The highest BCUT2D eigenvalue weighted by molar-refractivity contribution is 6.33. The van der Waals surface area contributed by atoms with Crippen molar-refractivity contribution in [2.45, 2.75) is 25.3 Å². The normalized spacial score (nSPS) is 16.1. The number of nitrogens with zero attached hydrogens (tertiary/aromatic N) is 5. The van der Waals surface area contributed by atoms with Gasteiger partial charge in [0.25, 0.3) is 11.5 Å². The number of H-pyrrole nitrogens is 1. The van der Waals surface area contributed by atoms with E-state index in [0.29, 0.717) is 41.7 Å². The summed E-state index contributed by atoms with van der Waals surface area (Å²) in [4.78, 5) is 35.2. The largest absolute Gasteiger partial charge is 0.497 e. The minimum atomic E-state index is -0.341. The summed E-state index contributed by atoms with van der Waals surface area (Å²) in [5.74, 6) is 1.03. The Morgan fingerprint density at radius 2 is 2.09 bits per heavy atom. The van der Waals surface area contributed by atoms with Crippen LogP contribution in [0.25, 0.3) is 11.2 Å². The van der Waals surface area contributed by atoms with E-state index in [1.54, 1.807) is 41.0 Å². The summed E-state index contributed by atoms with van der Waals surface area (Å²) < 4.78 is 6.90. The first kappa shape index (κ1) is 22.1. The molecule has 1 saturated heterocycles. The Bertz CT molecular complexity index is 1420. The third kappa shape index (κ3) is 4.26. The highest BCUT2D eigenvalue weighted by atomic mass is 35.5. The SMILES string of the molecule is COc1cccc(Cn2nnc3c(=O)[nH]c([C@@H]4CCCN(C(=O)c5ccccc5Cl)C4)nc32)c1. The Kier molecular flexibility index (Phi) is 6.02. The lowest BCUT2D eigenvalue weighted by Gasteiger charge is -2.32. The molecule has 0 unspecified atom stereocenters. The maximum atomic E-state index is 13.1. The van der Waals surface area contributed by atoms with Gasteiger partial charge in [-0.05, 0) is 42.7 Å². The van der Waals surface area contributed by atoms with Gasteiger partial charge >= 0.3 is 0 Å². The molecule has 2 aromatic carbocycles. The van der Waals surface area contributed by atoms with Crippen LogP contribution in [0.3, 0.4) is 0 Å². The number of benzene rings is 2. The predicted octanol–water partition coefficient (Wildman–Crippen LogP) is 3.24. The number of amides is 1. The van der Waals surface area contributed by atoms with E-state index in [9.17, 15) is 9.59 Å². The monoisotopic (exact) mass is 478 g/mol. The molecule has 0 aliphatic carbocycles. The molecule has 2 aromatic heterocycles. The van der Waals surface area contributed by atoms with E-state index in [0.717, 1.165) is 24.2 Å². The van der Waals surface area contributed by atoms with Crippen LogP contribution in [-0.2, 0) is 6.54 Å². The quantitative estimate of drug-likeness (QED) is 0.472. The van der Waals surface area contributed by atoms with Crippen molar-refractivity contribution >= 4 is 28.7 Å². The number of rotatable bonds is 5. The number of hydrogen-bond acceptors (Lipinski definition) is 6. The molecule has 0 spiro atoms. The van der Waals surface area contributed by atoms with Gasteiger partial charge in [0.1, 0.15) is 11.6 Å². The van der Waals surface area contributed by atoms with Crippen LogP contribution in [-0.4, -0.2) is 56.0 Å². The summed E-state index contributed by atoms with van der Waals surface area (Å²) in [6.45, 7) is 1.46. The first-order valence-electron chi connectivity index (χ1n) is 11.0. The van der Waals surface area contributed by atoms with Crippen molar-refractivity contribution in [3.05, 3.63) is 80.9 Å². The van der Waals surface area contributed by atoms with Crippen molar-refractivity contribution in [3.8, 4) is 5.75 Å². The number of likely N-dealkylation sites (tertiary alicyclic amines) is 1. The Morgan fingerprint density at radius 1 is 1.24 bits per heavy atom. The third-order valence-electron chi connectivity index (χ3n) is 6.06. The highest BCUT2D eigenvalue weighted by Gasteiger charge is 2.28. The van der Waals surface area contributed by atoms with Gasteiger partial charge in [0, 0.05) is 19.0 Å². The molecular weight excluding hydrogens is 456 g/mol. The fourth-order valence-electron chi connectivity index (χ4n) is 4.32. The van der Waals surface area contributed by atoms with Crippen LogP contribution in [0, 0.1) is 0 Å². The zero-order valence-electron chi connectivity index (χ0n) is 18.6. The number of ether oxygens (including phenoxy) is 1. The van der Waals surface area contributed by atoms with Crippen LogP contribution in [0.2, 0.25) is 5.02 Å². The molecule has 1 N–H and O–H groups in total. The number of carbonyl (C=O) groups is 1. The molecule has 1 fully saturated rings. The number of methoxy groups -OCH3 is 1. The second-order valence-corrected chi connectivity index (χ2v) is 8.70. The molecule has 5 rings (SSSR count). The van der Waals surface area contributed by atoms with E-state index in [2.05, 4.69) is 15.3 Å². The average molecular weight is 479 g/mol. The lowest BCUT2D eigenvalue weighted by atomic mass is 9.96. The Hall–Kier alpha value is -3.72. The Balaban J connectivity index is 1.43. The van der Waals surface area contributed by atoms with Crippen LogP contribution in [0.15, 0.2) is 53.3 Å². The van der Waals surface area contributed by atoms with Crippen molar-refractivity contribution in [2.24, 2.45) is 0 Å². The fraction of sp³-hybridized carbons (Fsp3) is 0.292. The molecular formula is C24H23ClN6O3. The van der Waals surface area contributed by atoms with E-state index in [4.69, 9.17) is 21.3 Å². The molecule has 1 aliphatic rings. The molecule has 1 amide bonds. The van der Waals surface area contributed by atoms with Crippen LogP contribution < -0.4 is 10.3 Å². The summed E-state index contributed by atoms with van der Waals surface area (Å²) in [7, 11) is 1.61. The van der Waals surface area contributed by atoms with E-state index in [1.165, 1.54) is 0 Å². The Labute approximate surface area is 200 Å². The molecule has 4 aromatic rings. The van der Waals surface area contributed by atoms with E-state index < -0.39 is 0 Å². The van der Waals surface area contributed by atoms with Gasteiger partial charge in [0.2, 0.25) is 0 Å². The second-order valence-electron chi connectivity index (χ2n) is 8.29. The molecule has 174 valence electrons. The van der Waals surface area contributed by atoms with Crippen molar-refractivity contribution < 1.29 is 9.53 Å². The molecule has 0 saturated carbocycles. The zero-order chi connectivity index (χ0) is 23.7. The van der Waals surface area contributed by atoms with Gasteiger partial charge in [-0.15, -0.1) is 5.10 Å². The summed E-state index contributed by atoms with van der Waals surface area (Å²) in [5, 5.41) is 8.61. The number of halogens is 1. The second kappa shape index (κ2) is 9.26. The first-order valence-corrected chi connectivity index (χ1v) is 11.4. The van der Waals surface area contributed by atoms with Crippen molar-refractivity contribution in [1.29, 1.82) is 0 Å². The molecule has 34 heavy (non-hydrogen) atoms. The standard InChI is InChI=1S/C24H23ClN6O3/c1-34-17-8-4-6-15(12-17)13-31-22-20(28-29-31)23(32)27-21(26-22)16-7-5-11-30(14-16)24(33)18-9-2-3-10-19(18)25/h2-4,6,8-10,12,16H,5,7,11,13-14H2,1H3,(H,26,27,32)/t16-/m1/s1. The molecule has 1 atom stereocenters. The number of piperidine rings is 1. The molecule has 9 nitrogen and oxygen atoms in total. The number of hydrogen-bond donors (Lipinski definition) is 1. The van der Waals surface area contributed by atoms with Crippen molar-refractivity contribution in [1.82, 2.24) is 29.9 Å². The van der Waals surface area contributed by atoms with Crippen LogP contribution in [0.5, 0.6) is 5.75 Å². The van der Waals surface area contributed by atoms with Gasteiger partial charge in [0.05, 0.1) is 24.2 Å².